The molecule has 23 nitrogen and oxygen atoms in total. The molecular formula is C46H45N4O19S6+. The average Bonchev–Trinajstić information content (AvgIpc) is 3.64. The van der Waals surface area contributed by atoms with Crippen molar-refractivity contribution in [2.24, 2.45) is 0 Å². The minimum atomic E-state index is -5.16. The number of anilines is 1. The van der Waals surface area contributed by atoms with Crippen molar-refractivity contribution < 1.29 is 87.2 Å². The van der Waals surface area contributed by atoms with Crippen LogP contribution in [-0.2, 0) is 71.5 Å². The van der Waals surface area contributed by atoms with Crippen LogP contribution in [0.3, 0.4) is 0 Å². The van der Waals surface area contributed by atoms with Crippen LogP contribution in [0.5, 0.6) is 0 Å². The second kappa shape index (κ2) is 19.4. The summed E-state index contributed by atoms with van der Waals surface area (Å²) in [6, 6.07) is 11.1. The van der Waals surface area contributed by atoms with Crippen molar-refractivity contribution in [3.63, 3.8) is 0 Å². The third-order valence-electron chi connectivity index (χ3n) is 12.6. The van der Waals surface area contributed by atoms with E-state index < -0.39 is 122 Å². The van der Waals surface area contributed by atoms with Crippen molar-refractivity contribution in [1.29, 1.82) is 0 Å². The van der Waals surface area contributed by atoms with Gasteiger partial charge < -0.3 is 10.2 Å². The molecule has 7 N–H and O–H groups in total. The van der Waals surface area contributed by atoms with Gasteiger partial charge in [-0.2, -0.15) is 55.1 Å². The van der Waals surface area contributed by atoms with Crippen LogP contribution in [0.2, 0.25) is 0 Å². The lowest BCUT2D eigenvalue weighted by atomic mass is 9.79. The fourth-order valence-electron chi connectivity index (χ4n) is 9.39. The van der Waals surface area contributed by atoms with Gasteiger partial charge in [0.1, 0.15) is 15.5 Å². The predicted molar refractivity (Wildman–Crippen MR) is 274 cm³/mol. The van der Waals surface area contributed by atoms with Gasteiger partial charge >= 0.3 is 0 Å². The Morgan fingerprint density at radius 2 is 1.24 bits per heavy atom. The minimum Gasteiger partial charge on any atom is -0.343 e. The molecule has 29 heteroatoms. The van der Waals surface area contributed by atoms with Crippen LogP contribution < -0.4 is 10.2 Å². The summed E-state index contributed by atoms with van der Waals surface area (Å²) >= 11 is 0. The first-order valence-electron chi connectivity index (χ1n) is 21.6. The zero-order valence-electron chi connectivity index (χ0n) is 39.6. The van der Waals surface area contributed by atoms with E-state index in [9.17, 15) is 82.6 Å². The van der Waals surface area contributed by atoms with Gasteiger partial charge in [-0.25, -0.2) is 0 Å². The number of amides is 1. The quantitative estimate of drug-likeness (QED) is 0.0315. The van der Waals surface area contributed by atoms with Gasteiger partial charge in [0.15, 0.2) is 12.3 Å². The van der Waals surface area contributed by atoms with Gasteiger partial charge in [-0.3, -0.25) is 37.1 Å². The Hall–Kier alpha value is -6.27. The molecule has 3 heterocycles. The molecule has 398 valence electrons. The monoisotopic (exact) mass is 1150 g/mol. The van der Waals surface area contributed by atoms with E-state index in [4.69, 9.17) is 6.42 Å². The van der Waals surface area contributed by atoms with Crippen molar-refractivity contribution in [3.05, 3.63) is 119 Å². The zero-order chi connectivity index (χ0) is 55.8. The first kappa shape index (κ1) is 56.5. The predicted octanol–water partition coefficient (Wildman–Crippen LogP) is 4.21. The second-order valence-electron chi connectivity index (χ2n) is 18.2. The molecule has 2 aliphatic rings. The molecule has 1 amide bonds. The summed E-state index contributed by atoms with van der Waals surface area (Å²) in [4.78, 5) is 15.2. The number of carbonyl (C=O) groups excluding carboxylic acids is 1. The maximum atomic E-state index is 12.9. The van der Waals surface area contributed by atoms with Gasteiger partial charge in [0.05, 0.1) is 38.8 Å². The molecule has 75 heavy (non-hydrogen) atoms. The molecule has 0 radical (unpaired) electrons. The average molecular weight is 1150 g/mol. The third-order valence-corrected chi connectivity index (χ3v) is 17.4. The van der Waals surface area contributed by atoms with Gasteiger partial charge in [-0.05, 0) is 90.9 Å². The summed E-state index contributed by atoms with van der Waals surface area (Å²) in [6.07, 6.45) is 12.4. The zero-order valence-corrected chi connectivity index (χ0v) is 44.5. The highest BCUT2D eigenvalue weighted by molar-refractivity contribution is 7.87. The second-order valence-corrected chi connectivity index (χ2v) is 27.0. The third kappa shape index (κ3) is 11.5. The van der Waals surface area contributed by atoms with E-state index in [1.54, 1.807) is 27.7 Å². The smallest absolute Gasteiger partial charge is 0.295 e. The Morgan fingerprint density at radius 3 is 1.73 bits per heavy atom. The molecule has 1 aromatic heterocycles. The maximum Gasteiger partial charge on any atom is 0.295 e. The number of nitrogens with one attached hydrogen (secondary N) is 1. The summed E-state index contributed by atoms with van der Waals surface area (Å²) in [5.41, 5.74) is -1.21. The topological polar surface area (TPSA) is 374 Å². The first-order chi connectivity index (χ1) is 34.4. The van der Waals surface area contributed by atoms with Crippen LogP contribution in [0.1, 0.15) is 54.9 Å². The lowest BCUT2D eigenvalue weighted by molar-refractivity contribution is -0.432. The lowest BCUT2D eigenvalue weighted by Crippen LogP contribution is -2.30. The molecule has 0 bridgehead atoms. The molecular weight excluding hydrogens is 1100 g/mol. The number of nitrogens with zero attached hydrogens (tertiary/aromatic N) is 3. The number of hydrogen-bond acceptors (Lipinski definition) is 15. The van der Waals surface area contributed by atoms with Crippen molar-refractivity contribution in [3.8, 4) is 12.3 Å². The summed E-state index contributed by atoms with van der Waals surface area (Å²) in [6.45, 7) is 5.38. The van der Waals surface area contributed by atoms with Crippen molar-refractivity contribution >= 4 is 111 Å². The molecule has 5 aromatic rings. The standard InChI is InChI=1S/C46H44N4O19S6/c1-6-17-47-44(51)28-7-12-35(48-26-28)27(8-15-40-45(2,3)42-33-22-29(72(58,59)60)24-38(74(64,65)66)31(33)10-13-36(42)49(40)18-20-70(52,53)54)9-16-41-46(4,5)43-34-23-30(73(61,62)63)25-39(75(67,68)69)32(34)11-14-37(43)50(41)19-21-71(55,56)57/h1,7-16,22-26H,17-21H2,2-5H3,(H6-,47,51,52,53,54,55,56,57,58,59,60,61,62,63,64,65,66,67,68,69)/p+1. The molecule has 0 saturated carbocycles. The number of rotatable bonds is 16. The van der Waals surface area contributed by atoms with Crippen LogP contribution in [0.15, 0.2) is 116 Å². The Kier molecular flexibility index (Phi) is 14.6. The summed E-state index contributed by atoms with van der Waals surface area (Å²) in [7, 11) is -29.9. The number of pyridine rings is 1. The SMILES string of the molecule is C#CCNC(=O)c1ccc(C(=C\C=C2\N(CCS(=O)(=O)O)c3ccc4c(S(=O)(=O)O)cc(S(=O)(=O)O)cc4c3C2(C)C)/C=C/C2=[N+](CCS(=O)(=O)O)c3ccc4c(S(=O)(=O)O)cc(S(=O)(=O)O)cc4c3C2(C)C)nc1. The van der Waals surface area contributed by atoms with Gasteiger partial charge in [0.2, 0.25) is 5.69 Å². The lowest BCUT2D eigenvalue weighted by Gasteiger charge is -2.27. The Morgan fingerprint density at radius 1 is 0.693 bits per heavy atom. The van der Waals surface area contributed by atoms with Crippen LogP contribution in [0.25, 0.3) is 27.1 Å². The largest absolute Gasteiger partial charge is 0.343 e. The summed E-state index contributed by atoms with van der Waals surface area (Å²) in [5.74, 6) is -0.0632. The molecule has 0 unspecified atom stereocenters. The molecule has 4 aromatic carbocycles. The first-order valence-corrected chi connectivity index (χ1v) is 30.6. The van der Waals surface area contributed by atoms with E-state index in [0.29, 0.717) is 12.1 Å². The number of fused-ring (bicyclic) bond motifs is 6. The van der Waals surface area contributed by atoms with Gasteiger partial charge in [0.25, 0.3) is 66.6 Å². The Bertz CT molecular complexity index is 4200. The van der Waals surface area contributed by atoms with Crippen LogP contribution in [-0.4, -0.2) is 130 Å². The van der Waals surface area contributed by atoms with Crippen LogP contribution in [0.4, 0.5) is 11.4 Å². The highest BCUT2D eigenvalue weighted by atomic mass is 32.2. The summed E-state index contributed by atoms with van der Waals surface area (Å²) in [5, 5.41) is 1.93. The molecule has 0 aliphatic carbocycles. The molecule has 0 atom stereocenters. The highest BCUT2D eigenvalue weighted by Crippen LogP contribution is 2.52. The van der Waals surface area contributed by atoms with Gasteiger partial charge in [0, 0.05) is 63.6 Å². The van der Waals surface area contributed by atoms with E-state index in [1.165, 1.54) is 76.4 Å². The minimum absolute atomic E-state index is 0.0680. The number of terminal acetylenes is 1. The highest BCUT2D eigenvalue weighted by Gasteiger charge is 2.47. The molecule has 0 saturated heterocycles. The molecule has 2 aliphatic heterocycles. The Balaban J connectivity index is 1.51. The molecule has 0 fully saturated rings. The Labute approximate surface area is 431 Å². The van der Waals surface area contributed by atoms with Crippen LogP contribution in [0, 0.1) is 12.3 Å². The number of carbonyl (C=O) groups is 1. The fraction of sp³-hybridized carbons (Fsp3) is 0.239. The van der Waals surface area contributed by atoms with Crippen molar-refractivity contribution in [1.82, 2.24) is 10.3 Å². The summed E-state index contributed by atoms with van der Waals surface area (Å²) < 4.78 is 212. The van der Waals surface area contributed by atoms with Crippen molar-refractivity contribution in [2.45, 2.75) is 58.1 Å². The van der Waals surface area contributed by atoms with E-state index in [0.717, 1.165) is 12.1 Å². The van der Waals surface area contributed by atoms with Crippen LogP contribution >= 0.6 is 0 Å². The van der Waals surface area contributed by atoms with E-state index in [-0.39, 0.29) is 78.8 Å². The molecule has 7 rings (SSSR count). The van der Waals surface area contributed by atoms with Gasteiger partial charge in [-0.1, -0.05) is 31.9 Å². The molecule has 0 spiro atoms. The number of hydrogen-bond donors (Lipinski definition) is 7. The van der Waals surface area contributed by atoms with Gasteiger partial charge in [-0.15, -0.1) is 6.42 Å². The van der Waals surface area contributed by atoms with E-state index >= 15 is 0 Å². The normalized spacial score (nSPS) is 16.7. The maximum absolute atomic E-state index is 12.9. The number of aromatic nitrogens is 1. The fourth-order valence-corrected chi connectivity index (χ4v) is 12.9. The van der Waals surface area contributed by atoms with E-state index in [1.807, 2.05) is 0 Å². The number of benzene rings is 4. The number of allylic oxidation sites excluding steroid dienone is 6. The van der Waals surface area contributed by atoms with Crippen molar-refractivity contribution in [2.75, 3.05) is 36.0 Å². The van der Waals surface area contributed by atoms with E-state index in [2.05, 4.69) is 16.2 Å².